The molecule has 6 nitrogen and oxygen atoms in total. The van der Waals surface area contributed by atoms with Gasteiger partial charge < -0.3 is 14.7 Å². The molecule has 0 saturated carbocycles. The van der Waals surface area contributed by atoms with Gasteiger partial charge in [0.25, 0.3) is 11.8 Å². The van der Waals surface area contributed by atoms with Gasteiger partial charge >= 0.3 is 0 Å². The lowest BCUT2D eigenvalue weighted by Gasteiger charge is -2.35. The lowest BCUT2D eigenvalue weighted by molar-refractivity contribution is -0.117. The average Bonchev–Trinajstić information content (AvgIpc) is 3.20. The average molecular weight is 430 g/mol. The normalized spacial score (nSPS) is 16.9. The number of hydrogen-bond donors (Lipinski definition) is 0. The monoisotopic (exact) mass is 429 g/mol. The van der Waals surface area contributed by atoms with Crippen LogP contribution in [0.25, 0.3) is 0 Å². The third-order valence-corrected chi connectivity index (χ3v) is 5.73. The van der Waals surface area contributed by atoms with Crippen LogP contribution in [0.4, 0.5) is 10.1 Å². The van der Waals surface area contributed by atoms with E-state index in [2.05, 4.69) is 0 Å². The Morgan fingerprint density at radius 2 is 1.60 bits per heavy atom. The topological polar surface area (TPSA) is 60.9 Å². The van der Waals surface area contributed by atoms with E-state index in [1.807, 2.05) is 6.07 Å². The van der Waals surface area contributed by atoms with Crippen molar-refractivity contribution in [1.29, 1.82) is 0 Å². The van der Waals surface area contributed by atoms with E-state index in [-0.39, 0.29) is 17.4 Å². The zero-order valence-electron chi connectivity index (χ0n) is 16.3. The largest absolute Gasteiger partial charge is 0.335 e. The van der Waals surface area contributed by atoms with E-state index in [1.165, 1.54) is 23.1 Å². The van der Waals surface area contributed by atoms with Crippen molar-refractivity contribution in [2.75, 3.05) is 37.6 Å². The van der Waals surface area contributed by atoms with Gasteiger partial charge in [-0.25, -0.2) is 4.39 Å². The summed E-state index contributed by atoms with van der Waals surface area (Å²) in [6, 6.07) is 11.0. The van der Waals surface area contributed by atoms with Crippen LogP contribution in [0.5, 0.6) is 0 Å². The Labute approximate surface area is 178 Å². The summed E-state index contributed by atoms with van der Waals surface area (Å²) >= 11 is 5.89. The van der Waals surface area contributed by atoms with E-state index in [0.29, 0.717) is 49.7 Å². The van der Waals surface area contributed by atoms with Gasteiger partial charge in [-0.3, -0.25) is 14.4 Å². The van der Waals surface area contributed by atoms with Crippen molar-refractivity contribution in [1.82, 2.24) is 9.80 Å². The molecule has 0 radical (unpaired) electrons. The van der Waals surface area contributed by atoms with E-state index in [9.17, 15) is 18.8 Å². The fourth-order valence-electron chi connectivity index (χ4n) is 3.85. The zero-order valence-corrected chi connectivity index (χ0v) is 17.1. The van der Waals surface area contributed by atoms with Crippen LogP contribution in [-0.4, -0.2) is 60.2 Å². The maximum atomic E-state index is 14.0. The molecule has 156 valence electrons. The van der Waals surface area contributed by atoms with Crippen molar-refractivity contribution in [3.05, 3.63) is 64.4 Å². The summed E-state index contributed by atoms with van der Waals surface area (Å²) in [5.74, 6) is -1.13. The fraction of sp³-hybridized carbons (Fsp3) is 0.318. The molecule has 0 unspecified atom stereocenters. The molecule has 2 fully saturated rings. The second kappa shape index (κ2) is 8.44. The summed E-state index contributed by atoms with van der Waals surface area (Å²) in [5, 5.41) is 0.296. The standard InChI is InChI=1S/C22H21ClFN3O3/c23-16-6-7-19(24)18(14-16)22(30)26-11-9-25(10-12-26)21(29)15-3-1-4-17(13-15)27-8-2-5-20(27)28/h1,3-4,6-7,13-14H,2,5,8-12H2. The molecule has 2 saturated heterocycles. The van der Waals surface area contributed by atoms with Crippen LogP contribution in [0.2, 0.25) is 5.02 Å². The molecule has 2 aromatic rings. The summed E-state index contributed by atoms with van der Waals surface area (Å²) in [6.07, 6.45) is 1.35. The van der Waals surface area contributed by atoms with Gasteiger partial charge in [-0.15, -0.1) is 0 Å². The van der Waals surface area contributed by atoms with Crippen molar-refractivity contribution < 1.29 is 18.8 Å². The maximum absolute atomic E-state index is 14.0. The second-order valence-electron chi connectivity index (χ2n) is 7.41. The summed E-state index contributed by atoms with van der Waals surface area (Å²) in [5.41, 5.74) is 1.17. The first-order valence-corrected chi connectivity index (χ1v) is 10.3. The van der Waals surface area contributed by atoms with Gasteiger partial charge in [0.2, 0.25) is 5.91 Å². The first-order valence-electron chi connectivity index (χ1n) is 9.88. The van der Waals surface area contributed by atoms with E-state index in [0.717, 1.165) is 12.1 Å². The lowest BCUT2D eigenvalue weighted by Crippen LogP contribution is -2.50. The third-order valence-electron chi connectivity index (χ3n) is 5.49. The summed E-state index contributed by atoms with van der Waals surface area (Å²) in [7, 11) is 0. The number of benzene rings is 2. The molecule has 0 N–H and O–H groups in total. The maximum Gasteiger partial charge on any atom is 0.257 e. The van der Waals surface area contributed by atoms with Crippen molar-refractivity contribution in [2.45, 2.75) is 12.8 Å². The first kappa shape index (κ1) is 20.3. The van der Waals surface area contributed by atoms with Crippen LogP contribution in [0.15, 0.2) is 42.5 Å². The Morgan fingerprint density at radius 3 is 2.27 bits per heavy atom. The summed E-state index contributed by atoms with van der Waals surface area (Å²) < 4.78 is 14.0. The molecule has 0 aliphatic carbocycles. The molecule has 2 heterocycles. The predicted molar refractivity (Wildman–Crippen MR) is 111 cm³/mol. The minimum Gasteiger partial charge on any atom is -0.335 e. The van der Waals surface area contributed by atoms with Crippen LogP contribution < -0.4 is 4.90 Å². The number of carbonyl (C=O) groups excluding carboxylic acids is 3. The Bertz CT molecular complexity index is 1000. The summed E-state index contributed by atoms with van der Waals surface area (Å²) in [4.78, 5) is 42.4. The molecule has 2 aliphatic heterocycles. The molecule has 2 aromatic carbocycles. The molecule has 8 heteroatoms. The van der Waals surface area contributed by atoms with Crippen molar-refractivity contribution in [3.63, 3.8) is 0 Å². The number of rotatable bonds is 3. The van der Waals surface area contributed by atoms with Crippen molar-refractivity contribution in [2.24, 2.45) is 0 Å². The number of amides is 3. The highest BCUT2D eigenvalue weighted by molar-refractivity contribution is 6.31. The van der Waals surface area contributed by atoms with Gasteiger partial charge in [0.05, 0.1) is 5.56 Å². The van der Waals surface area contributed by atoms with Gasteiger partial charge in [0, 0.05) is 55.4 Å². The number of piperazine rings is 1. The van der Waals surface area contributed by atoms with Gasteiger partial charge in [0.1, 0.15) is 5.82 Å². The molecular formula is C22H21ClFN3O3. The van der Waals surface area contributed by atoms with Crippen LogP contribution in [-0.2, 0) is 4.79 Å². The number of hydrogen-bond acceptors (Lipinski definition) is 3. The van der Waals surface area contributed by atoms with Crippen LogP contribution in [0.1, 0.15) is 33.6 Å². The van der Waals surface area contributed by atoms with Gasteiger partial charge in [-0.1, -0.05) is 17.7 Å². The Kier molecular flexibility index (Phi) is 5.72. The van der Waals surface area contributed by atoms with Gasteiger partial charge in [0.15, 0.2) is 0 Å². The molecule has 3 amide bonds. The Hall–Kier alpha value is -2.93. The van der Waals surface area contributed by atoms with Crippen molar-refractivity contribution in [3.8, 4) is 0 Å². The molecule has 2 aliphatic rings. The smallest absolute Gasteiger partial charge is 0.257 e. The second-order valence-corrected chi connectivity index (χ2v) is 7.84. The lowest BCUT2D eigenvalue weighted by atomic mass is 10.1. The molecular weight excluding hydrogens is 409 g/mol. The number of anilines is 1. The van der Waals surface area contributed by atoms with E-state index >= 15 is 0 Å². The number of carbonyl (C=O) groups is 3. The molecule has 4 rings (SSSR count). The summed E-state index contributed by atoms with van der Waals surface area (Å²) in [6.45, 7) is 1.97. The number of halogens is 2. The highest BCUT2D eigenvalue weighted by Crippen LogP contribution is 2.23. The quantitative estimate of drug-likeness (QED) is 0.752. The molecule has 0 bridgehead atoms. The first-order chi connectivity index (χ1) is 14.4. The van der Waals surface area contributed by atoms with E-state index in [4.69, 9.17) is 11.6 Å². The zero-order chi connectivity index (χ0) is 21.3. The van der Waals surface area contributed by atoms with Crippen LogP contribution in [0.3, 0.4) is 0 Å². The Balaban J connectivity index is 1.42. The Morgan fingerprint density at radius 1 is 0.900 bits per heavy atom. The number of nitrogens with zero attached hydrogens (tertiary/aromatic N) is 3. The van der Waals surface area contributed by atoms with E-state index in [1.54, 1.807) is 28.0 Å². The van der Waals surface area contributed by atoms with Gasteiger partial charge in [-0.05, 0) is 42.8 Å². The van der Waals surface area contributed by atoms with E-state index < -0.39 is 11.7 Å². The highest BCUT2D eigenvalue weighted by Gasteiger charge is 2.28. The SMILES string of the molecule is O=C(c1cccc(N2CCCC2=O)c1)N1CCN(C(=O)c2cc(Cl)ccc2F)CC1. The fourth-order valence-corrected chi connectivity index (χ4v) is 4.03. The third kappa shape index (κ3) is 4.03. The minimum atomic E-state index is -0.615. The molecule has 0 spiro atoms. The minimum absolute atomic E-state index is 0.0646. The van der Waals surface area contributed by atoms with Crippen LogP contribution in [0, 0.1) is 5.82 Å². The molecule has 0 aromatic heterocycles. The highest BCUT2D eigenvalue weighted by atomic mass is 35.5. The molecule has 30 heavy (non-hydrogen) atoms. The molecule has 0 atom stereocenters. The van der Waals surface area contributed by atoms with Crippen LogP contribution >= 0.6 is 11.6 Å². The van der Waals surface area contributed by atoms with Gasteiger partial charge in [-0.2, -0.15) is 0 Å². The van der Waals surface area contributed by atoms with Crippen molar-refractivity contribution >= 4 is 35.0 Å². The predicted octanol–water partition coefficient (Wildman–Crippen LogP) is 3.20.